The van der Waals surface area contributed by atoms with Gasteiger partial charge < -0.3 is 15.3 Å². The van der Waals surface area contributed by atoms with Gasteiger partial charge >= 0.3 is 0 Å². The van der Waals surface area contributed by atoms with E-state index >= 15 is 0 Å². The molecule has 1 saturated heterocycles. The molecule has 2 fully saturated rings. The van der Waals surface area contributed by atoms with Gasteiger partial charge in [-0.3, -0.25) is 14.8 Å². The van der Waals surface area contributed by atoms with Gasteiger partial charge in [-0.05, 0) is 61.1 Å². The summed E-state index contributed by atoms with van der Waals surface area (Å²) < 4.78 is 23.5. The smallest absolute Gasteiger partial charge is 0.253 e. The second-order valence-electron chi connectivity index (χ2n) is 10.4. The molecule has 2 aliphatic rings. The van der Waals surface area contributed by atoms with Crippen molar-refractivity contribution < 1.29 is 18.3 Å². The number of sulfone groups is 1. The predicted octanol–water partition coefficient (Wildman–Crippen LogP) is 2.77. The van der Waals surface area contributed by atoms with Crippen LogP contribution in [0, 0.1) is 5.41 Å². The van der Waals surface area contributed by atoms with Crippen molar-refractivity contribution in [3.63, 3.8) is 0 Å². The van der Waals surface area contributed by atoms with Crippen molar-refractivity contribution in [3.05, 3.63) is 72.3 Å². The Morgan fingerprint density at radius 3 is 2.67 bits per heavy atom. The molecule has 10 nitrogen and oxygen atoms in total. The van der Waals surface area contributed by atoms with E-state index < -0.39 is 15.7 Å². The number of hydrogen-bond donors (Lipinski definition) is 2. The van der Waals surface area contributed by atoms with E-state index in [4.69, 9.17) is 9.97 Å². The van der Waals surface area contributed by atoms with E-state index in [-0.39, 0.29) is 28.5 Å². The standard InChI is InChI=1S/C28H28N6O4S/c1-39(37,38)21-11-19(13-29-16-21)27(36)31-15-20-12-24-18(14-30-20)5-6-23(32-24)22-3-2-4-26(33-22)34-10-9-28(7-8-28)25(35)17-34/h2-6,11-14,16,25,35H,7-10,15,17H2,1H3,(H,31,36). The molecular weight excluding hydrogens is 516 g/mol. The van der Waals surface area contributed by atoms with E-state index in [1.807, 2.05) is 36.4 Å². The topological polar surface area (TPSA) is 138 Å². The minimum absolute atomic E-state index is 0.0170. The fourth-order valence-corrected chi connectivity index (χ4v) is 5.62. The number of pyridine rings is 4. The number of piperidine rings is 1. The van der Waals surface area contributed by atoms with Crippen molar-refractivity contribution in [2.45, 2.75) is 36.8 Å². The Hall–Kier alpha value is -3.96. The summed E-state index contributed by atoms with van der Waals surface area (Å²) >= 11 is 0. The highest BCUT2D eigenvalue weighted by atomic mass is 32.2. The van der Waals surface area contributed by atoms with E-state index in [2.05, 4.69) is 20.2 Å². The molecule has 1 unspecified atom stereocenters. The minimum Gasteiger partial charge on any atom is -0.391 e. The van der Waals surface area contributed by atoms with E-state index in [1.165, 1.54) is 18.5 Å². The van der Waals surface area contributed by atoms with Crippen LogP contribution in [0.15, 0.2) is 66.0 Å². The molecule has 39 heavy (non-hydrogen) atoms. The summed E-state index contributed by atoms with van der Waals surface area (Å²) in [5.41, 5.74) is 3.05. The molecule has 1 atom stereocenters. The second-order valence-corrected chi connectivity index (χ2v) is 12.4. The molecule has 6 rings (SSSR count). The molecule has 1 saturated carbocycles. The van der Waals surface area contributed by atoms with Gasteiger partial charge in [0.15, 0.2) is 9.84 Å². The Morgan fingerprint density at radius 2 is 1.90 bits per heavy atom. The molecule has 4 aromatic heterocycles. The lowest BCUT2D eigenvalue weighted by Crippen LogP contribution is -2.45. The predicted molar refractivity (Wildman–Crippen MR) is 146 cm³/mol. The van der Waals surface area contributed by atoms with E-state index in [0.717, 1.165) is 49.0 Å². The monoisotopic (exact) mass is 544 g/mol. The second kappa shape index (κ2) is 9.65. The summed E-state index contributed by atoms with van der Waals surface area (Å²) in [4.78, 5) is 32.7. The zero-order valence-electron chi connectivity index (χ0n) is 21.4. The van der Waals surface area contributed by atoms with Crippen LogP contribution in [-0.2, 0) is 16.4 Å². The van der Waals surface area contributed by atoms with Crippen LogP contribution in [0.4, 0.5) is 5.82 Å². The number of β-amino-alcohol motifs (C(OH)–C–C–N with tert-alkyl or cyclic N) is 1. The highest BCUT2D eigenvalue weighted by Gasteiger charge is 2.51. The van der Waals surface area contributed by atoms with Crippen molar-refractivity contribution in [2.24, 2.45) is 5.41 Å². The lowest BCUT2D eigenvalue weighted by atomic mass is 9.90. The number of aliphatic hydroxyl groups excluding tert-OH is 1. The van der Waals surface area contributed by atoms with Gasteiger partial charge in [0.2, 0.25) is 0 Å². The van der Waals surface area contributed by atoms with Crippen molar-refractivity contribution in [1.82, 2.24) is 25.3 Å². The molecule has 1 spiro atoms. The van der Waals surface area contributed by atoms with Crippen LogP contribution < -0.4 is 10.2 Å². The Balaban J connectivity index is 1.18. The van der Waals surface area contributed by atoms with Crippen LogP contribution in [0.3, 0.4) is 0 Å². The van der Waals surface area contributed by atoms with Gasteiger partial charge in [-0.2, -0.15) is 0 Å². The Labute approximate surface area is 226 Å². The SMILES string of the molecule is CS(=O)(=O)c1cncc(C(=O)NCc2cc3nc(-c4cccc(N5CCC6(CC6)C(O)C5)n4)ccc3cn2)c1. The lowest BCUT2D eigenvalue weighted by molar-refractivity contribution is 0.0774. The normalized spacial score (nSPS) is 18.3. The van der Waals surface area contributed by atoms with Gasteiger partial charge in [0.05, 0.1) is 45.7 Å². The number of nitrogens with zero attached hydrogens (tertiary/aromatic N) is 5. The number of aliphatic hydroxyl groups is 1. The van der Waals surface area contributed by atoms with E-state index in [9.17, 15) is 18.3 Å². The highest BCUT2D eigenvalue weighted by Crippen LogP contribution is 2.53. The zero-order chi connectivity index (χ0) is 27.2. The number of hydrogen-bond acceptors (Lipinski definition) is 9. The molecule has 1 aliphatic carbocycles. The first-order chi connectivity index (χ1) is 18.7. The number of rotatable bonds is 6. The summed E-state index contributed by atoms with van der Waals surface area (Å²) in [6.07, 6.45) is 8.20. The summed E-state index contributed by atoms with van der Waals surface area (Å²) in [6.45, 7) is 1.61. The third-order valence-electron chi connectivity index (χ3n) is 7.66. The van der Waals surface area contributed by atoms with Crippen molar-refractivity contribution >= 4 is 32.5 Å². The molecule has 0 radical (unpaired) electrons. The van der Waals surface area contributed by atoms with Gasteiger partial charge in [-0.15, -0.1) is 0 Å². The quantitative estimate of drug-likeness (QED) is 0.375. The maximum atomic E-state index is 12.6. The fraction of sp³-hybridized carbons (Fsp3) is 0.321. The Morgan fingerprint density at radius 1 is 1.08 bits per heavy atom. The van der Waals surface area contributed by atoms with Gasteiger partial charge in [-0.25, -0.2) is 18.4 Å². The van der Waals surface area contributed by atoms with Crippen LogP contribution in [0.25, 0.3) is 22.3 Å². The average Bonchev–Trinajstić information content (AvgIpc) is 3.73. The molecule has 1 aliphatic heterocycles. The van der Waals surface area contributed by atoms with Crippen molar-refractivity contribution in [3.8, 4) is 11.4 Å². The Kier molecular flexibility index (Phi) is 6.27. The number of carbonyl (C=O) groups is 1. The first kappa shape index (κ1) is 25.3. The number of aromatic nitrogens is 4. The van der Waals surface area contributed by atoms with Crippen molar-refractivity contribution in [1.29, 1.82) is 0 Å². The number of anilines is 1. The molecular formula is C28H28N6O4S. The third-order valence-corrected chi connectivity index (χ3v) is 8.74. The first-order valence-corrected chi connectivity index (χ1v) is 14.7. The van der Waals surface area contributed by atoms with Gasteiger partial charge in [-0.1, -0.05) is 6.07 Å². The largest absolute Gasteiger partial charge is 0.391 e. The lowest BCUT2D eigenvalue weighted by Gasteiger charge is -2.37. The van der Waals surface area contributed by atoms with Gasteiger partial charge in [0.1, 0.15) is 5.82 Å². The van der Waals surface area contributed by atoms with Crippen LogP contribution in [0.2, 0.25) is 0 Å². The fourth-order valence-electron chi connectivity index (χ4n) is 5.03. The molecule has 0 aromatic carbocycles. The zero-order valence-corrected chi connectivity index (χ0v) is 22.2. The van der Waals surface area contributed by atoms with Crippen LogP contribution in [-0.4, -0.2) is 64.8 Å². The summed E-state index contributed by atoms with van der Waals surface area (Å²) in [5, 5.41) is 14.2. The molecule has 5 heterocycles. The molecule has 1 amide bonds. The number of carbonyl (C=O) groups excluding carboxylic acids is 1. The van der Waals surface area contributed by atoms with Crippen LogP contribution in [0.5, 0.6) is 0 Å². The maximum Gasteiger partial charge on any atom is 0.253 e. The van der Waals surface area contributed by atoms with Crippen molar-refractivity contribution in [2.75, 3.05) is 24.2 Å². The minimum atomic E-state index is -3.47. The van der Waals surface area contributed by atoms with Gasteiger partial charge in [0.25, 0.3) is 5.91 Å². The number of amides is 1. The summed E-state index contributed by atoms with van der Waals surface area (Å²) in [6, 6.07) is 12.8. The average molecular weight is 545 g/mol. The molecule has 11 heteroatoms. The molecule has 4 aromatic rings. The third kappa shape index (κ3) is 5.19. The summed E-state index contributed by atoms with van der Waals surface area (Å²) in [7, 11) is -3.47. The molecule has 2 N–H and O–H groups in total. The van der Waals surface area contributed by atoms with E-state index in [0.29, 0.717) is 23.4 Å². The van der Waals surface area contributed by atoms with Crippen LogP contribution >= 0.6 is 0 Å². The maximum absolute atomic E-state index is 12.6. The summed E-state index contributed by atoms with van der Waals surface area (Å²) in [5.74, 6) is 0.379. The van der Waals surface area contributed by atoms with Gasteiger partial charge in [0, 0.05) is 43.3 Å². The van der Waals surface area contributed by atoms with Crippen LogP contribution in [0.1, 0.15) is 35.3 Å². The Bertz CT molecular complexity index is 1690. The molecule has 0 bridgehead atoms. The highest BCUT2D eigenvalue weighted by molar-refractivity contribution is 7.90. The van der Waals surface area contributed by atoms with E-state index in [1.54, 1.807) is 6.20 Å². The number of fused-ring (bicyclic) bond motifs is 1. The first-order valence-electron chi connectivity index (χ1n) is 12.8. The molecule has 200 valence electrons. The number of nitrogens with one attached hydrogen (secondary N) is 1.